The second-order valence-corrected chi connectivity index (χ2v) is 10.9. The number of carbonyl (C=O) groups is 2. The molecule has 2 atom stereocenters. The van der Waals surface area contributed by atoms with Crippen LogP contribution in [-0.4, -0.2) is 65.2 Å². The second-order valence-electron chi connectivity index (χ2n) is 10.9. The molecule has 5 heteroatoms. The highest BCUT2D eigenvalue weighted by Crippen LogP contribution is 2.36. The summed E-state index contributed by atoms with van der Waals surface area (Å²) in [4.78, 5) is 33.2. The molecule has 0 bridgehead atoms. The van der Waals surface area contributed by atoms with Crippen LogP contribution in [0.25, 0.3) is 0 Å². The van der Waals surface area contributed by atoms with Gasteiger partial charge >= 0.3 is 0 Å². The van der Waals surface area contributed by atoms with E-state index in [1.54, 1.807) is 0 Å². The van der Waals surface area contributed by atoms with Crippen molar-refractivity contribution in [2.24, 2.45) is 5.92 Å². The van der Waals surface area contributed by atoms with Crippen LogP contribution < -0.4 is 0 Å². The van der Waals surface area contributed by atoms with Crippen LogP contribution in [0.5, 0.6) is 0 Å². The lowest BCUT2D eigenvalue weighted by molar-refractivity contribution is -0.127. The Morgan fingerprint density at radius 1 is 1.03 bits per heavy atom. The summed E-state index contributed by atoms with van der Waals surface area (Å²) < 4.78 is 0. The molecule has 5 nitrogen and oxygen atoms in total. The molecule has 2 heterocycles. The maximum atomic E-state index is 14.1. The fourth-order valence-corrected chi connectivity index (χ4v) is 5.95. The molecule has 4 rings (SSSR count). The van der Waals surface area contributed by atoms with Crippen LogP contribution in [0.3, 0.4) is 0 Å². The van der Waals surface area contributed by atoms with Crippen molar-refractivity contribution in [3.8, 4) is 0 Å². The van der Waals surface area contributed by atoms with Gasteiger partial charge in [-0.25, -0.2) is 0 Å². The zero-order valence-corrected chi connectivity index (χ0v) is 22.1. The number of ketones is 1. The molecule has 2 fully saturated rings. The first-order valence-electron chi connectivity index (χ1n) is 13.2. The van der Waals surface area contributed by atoms with Crippen LogP contribution in [0.1, 0.15) is 71.9 Å². The molecule has 2 aromatic carbocycles. The molecular weight excluding hydrogens is 434 g/mol. The summed E-state index contributed by atoms with van der Waals surface area (Å²) >= 11 is 0. The predicted molar refractivity (Wildman–Crippen MR) is 142 cm³/mol. The third-order valence-corrected chi connectivity index (χ3v) is 7.45. The summed E-state index contributed by atoms with van der Waals surface area (Å²) in [6.45, 7) is 14.8. The Morgan fingerprint density at radius 3 is 2.37 bits per heavy atom. The molecule has 188 valence electrons. The number of aryl methyl sites for hydroxylation is 3. The van der Waals surface area contributed by atoms with E-state index >= 15 is 0 Å². The van der Waals surface area contributed by atoms with E-state index in [-0.39, 0.29) is 23.9 Å². The van der Waals surface area contributed by atoms with Gasteiger partial charge in [0.2, 0.25) is 5.91 Å². The predicted octanol–water partition coefficient (Wildman–Crippen LogP) is 5.15. The Kier molecular flexibility index (Phi) is 8.08. The van der Waals surface area contributed by atoms with Crippen molar-refractivity contribution >= 4 is 11.7 Å². The van der Waals surface area contributed by atoms with Crippen LogP contribution in [0.4, 0.5) is 0 Å². The first-order chi connectivity index (χ1) is 16.8. The van der Waals surface area contributed by atoms with Crippen LogP contribution in [-0.2, 0) is 4.79 Å². The summed E-state index contributed by atoms with van der Waals surface area (Å²) in [5.74, 6) is 0.994. The van der Waals surface area contributed by atoms with E-state index in [0.717, 1.165) is 62.3 Å². The van der Waals surface area contributed by atoms with Gasteiger partial charge in [0, 0.05) is 44.7 Å². The number of hydrogen-bond acceptors (Lipinski definition) is 4. The molecule has 2 saturated heterocycles. The first kappa shape index (κ1) is 25.6. The van der Waals surface area contributed by atoms with Crippen molar-refractivity contribution in [3.63, 3.8) is 0 Å². The van der Waals surface area contributed by atoms with E-state index in [2.05, 4.69) is 54.8 Å². The minimum Gasteiger partial charge on any atom is -0.343 e. The second kappa shape index (κ2) is 11.0. The van der Waals surface area contributed by atoms with E-state index < -0.39 is 0 Å². The van der Waals surface area contributed by atoms with Crippen LogP contribution >= 0.6 is 0 Å². The minimum atomic E-state index is -0.201. The number of nitrogens with zero attached hydrogens (tertiary/aromatic N) is 3. The zero-order chi connectivity index (χ0) is 25.1. The monoisotopic (exact) mass is 475 g/mol. The maximum absolute atomic E-state index is 14.1. The summed E-state index contributed by atoms with van der Waals surface area (Å²) in [5.41, 5.74) is 5.45. The van der Waals surface area contributed by atoms with Crippen molar-refractivity contribution in [2.45, 2.75) is 66.1 Å². The quantitative estimate of drug-likeness (QED) is 0.471. The van der Waals surface area contributed by atoms with Crippen molar-refractivity contribution < 1.29 is 9.59 Å². The average Bonchev–Trinajstić information content (AvgIpc) is 3.36. The molecule has 2 aromatic rings. The Hall–Kier alpha value is -2.50. The normalized spacial score (nSPS) is 21.4. The molecule has 0 N–H and O–H groups in total. The fourth-order valence-electron chi connectivity index (χ4n) is 5.95. The Labute approximate surface area is 211 Å². The van der Waals surface area contributed by atoms with Gasteiger partial charge in [0.05, 0.1) is 12.2 Å². The SMILES string of the molecule is Cc1cccc([C@H]2N(CC(C)C)CC(C(=O)c3c(C)cccc3C)N2CCCN2CCCC2=O)c1. The smallest absolute Gasteiger partial charge is 0.222 e. The summed E-state index contributed by atoms with van der Waals surface area (Å²) in [7, 11) is 0. The van der Waals surface area contributed by atoms with Gasteiger partial charge in [-0.2, -0.15) is 0 Å². The molecule has 2 aliphatic rings. The number of benzene rings is 2. The zero-order valence-electron chi connectivity index (χ0n) is 22.1. The highest BCUT2D eigenvalue weighted by atomic mass is 16.2. The summed E-state index contributed by atoms with van der Waals surface area (Å²) in [6.07, 6.45) is 2.57. The van der Waals surface area contributed by atoms with Gasteiger partial charge in [0.1, 0.15) is 0 Å². The standard InChI is InChI=1S/C30H41N3O2/c1-21(2)19-32-20-26(29(35)28-23(4)11-7-12-24(28)5)33(17-9-16-31-15-8-14-27(31)34)30(32)25-13-6-10-22(3)18-25/h6-7,10-13,18,21,26,30H,8-9,14-17,19-20H2,1-5H3/t26?,30-/m0/s1. The lowest BCUT2D eigenvalue weighted by atomic mass is 9.94. The van der Waals surface area contributed by atoms with Crippen LogP contribution in [0, 0.1) is 26.7 Å². The molecule has 0 aromatic heterocycles. The average molecular weight is 476 g/mol. The van der Waals surface area contributed by atoms with E-state index in [0.29, 0.717) is 12.3 Å². The highest BCUT2D eigenvalue weighted by molar-refractivity contribution is 6.03. The number of amides is 1. The Morgan fingerprint density at radius 2 is 1.74 bits per heavy atom. The fraction of sp³-hybridized carbons (Fsp3) is 0.533. The van der Waals surface area contributed by atoms with Crippen molar-refractivity contribution in [2.75, 3.05) is 32.7 Å². The third kappa shape index (κ3) is 5.68. The molecular formula is C30H41N3O2. The number of rotatable bonds is 9. The highest BCUT2D eigenvalue weighted by Gasteiger charge is 2.44. The first-order valence-corrected chi connectivity index (χ1v) is 13.2. The van der Waals surface area contributed by atoms with E-state index in [4.69, 9.17) is 0 Å². The number of carbonyl (C=O) groups excluding carboxylic acids is 2. The summed E-state index contributed by atoms with van der Waals surface area (Å²) in [6, 6.07) is 14.6. The van der Waals surface area contributed by atoms with Gasteiger partial charge in [-0.05, 0) is 56.2 Å². The number of hydrogen-bond donors (Lipinski definition) is 0. The van der Waals surface area contributed by atoms with Gasteiger partial charge in [-0.15, -0.1) is 0 Å². The van der Waals surface area contributed by atoms with E-state index in [1.165, 1.54) is 11.1 Å². The van der Waals surface area contributed by atoms with Crippen molar-refractivity contribution in [1.82, 2.24) is 14.7 Å². The van der Waals surface area contributed by atoms with Gasteiger partial charge in [-0.3, -0.25) is 19.4 Å². The Balaban J connectivity index is 1.68. The summed E-state index contributed by atoms with van der Waals surface area (Å²) in [5, 5.41) is 0. The molecule has 1 amide bonds. The van der Waals surface area contributed by atoms with Gasteiger partial charge in [-0.1, -0.05) is 61.9 Å². The van der Waals surface area contributed by atoms with Crippen molar-refractivity contribution in [1.29, 1.82) is 0 Å². The van der Waals surface area contributed by atoms with Crippen LogP contribution in [0.15, 0.2) is 42.5 Å². The molecule has 2 aliphatic heterocycles. The number of likely N-dealkylation sites (tertiary alicyclic amines) is 1. The topological polar surface area (TPSA) is 43.9 Å². The minimum absolute atomic E-state index is 0.0601. The van der Waals surface area contributed by atoms with Gasteiger partial charge < -0.3 is 4.90 Å². The largest absolute Gasteiger partial charge is 0.343 e. The molecule has 0 radical (unpaired) electrons. The maximum Gasteiger partial charge on any atom is 0.222 e. The molecule has 1 unspecified atom stereocenters. The lowest BCUT2D eigenvalue weighted by Gasteiger charge is -2.33. The molecule has 0 aliphatic carbocycles. The third-order valence-electron chi connectivity index (χ3n) is 7.45. The number of Topliss-reactive ketones (excluding diaryl/α,β-unsaturated/α-hetero) is 1. The molecule has 35 heavy (non-hydrogen) atoms. The molecule has 0 spiro atoms. The van der Waals surface area contributed by atoms with E-state index in [9.17, 15) is 9.59 Å². The Bertz CT molecular complexity index is 1040. The van der Waals surface area contributed by atoms with E-state index in [1.807, 2.05) is 36.9 Å². The van der Waals surface area contributed by atoms with Crippen molar-refractivity contribution in [3.05, 3.63) is 70.3 Å². The lowest BCUT2D eigenvalue weighted by Crippen LogP contribution is -2.41. The van der Waals surface area contributed by atoms with Gasteiger partial charge in [0.15, 0.2) is 5.78 Å². The molecule has 0 saturated carbocycles. The van der Waals surface area contributed by atoms with Gasteiger partial charge in [0.25, 0.3) is 0 Å². The van der Waals surface area contributed by atoms with Crippen LogP contribution in [0.2, 0.25) is 0 Å².